The predicted octanol–water partition coefficient (Wildman–Crippen LogP) is -0.225. The molecule has 0 spiro atoms. The van der Waals surface area contributed by atoms with E-state index in [4.69, 9.17) is 0 Å². The van der Waals surface area contributed by atoms with Crippen LogP contribution in [-0.2, 0) is 0 Å². The average Bonchev–Trinajstić information content (AvgIpc) is 2.38. The van der Waals surface area contributed by atoms with E-state index in [1.165, 1.54) is 0 Å². The van der Waals surface area contributed by atoms with Crippen LogP contribution in [0.3, 0.4) is 0 Å². The lowest BCUT2D eigenvalue weighted by Crippen LogP contribution is -2.52. The van der Waals surface area contributed by atoms with Crippen molar-refractivity contribution in [3.63, 3.8) is 0 Å². The Labute approximate surface area is 82.0 Å². The molecule has 6 heteroatoms. The first-order chi connectivity index (χ1) is 6.39. The van der Waals surface area contributed by atoms with Crippen LogP contribution >= 0.6 is 0 Å². The number of amides is 4. The third-order valence-corrected chi connectivity index (χ3v) is 2.38. The van der Waals surface area contributed by atoms with E-state index in [-0.39, 0.29) is 29.9 Å². The molecule has 2 atom stereocenters. The molecule has 0 radical (unpaired) electrons. The number of carbonyl (C=O) groups excluding carboxylic acids is 2. The summed E-state index contributed by atoms with van der Waals surface area (Å²) in [6.45, 7) is 5.79. The molecule has 2 saturated heterocycles. The second-order valence-electron chi connectivity index (χ2n) is 4.53. The molecule has 2 heterocycles. The third kappa shape index (κ3) is 1.18. The van der Waals surface area contributed by atoms with Crippen LogP contribution in [0.4, 0.5) is 9.59 Å². The lowest BCUT2D eigenvalue weighted by molar-refractivity contribution is 0.130. The van der Waals surface area contributed by atoms with E-state index in [0.29, 0.717) is 0 Å². The molecule has 0 saturated carbocycles. The molecule has 0 aliphatic carbocycles. The van der Waals surface area contributed by atoms with Crippen LogP contribution in [0.15, 0.2) is 0 Å². The number of carbonyl (C=O) groups is 2. The Kier molecular flexibility index (Phi) is 1.64. The SMILES string of the molecule is CC(C)(C)N1C(=O)N[C@H]2NC(=O)N[C@@H]21. The summed E-state index contributed by atoms with van der Waals surface area (Å²) in [6, 6.07) is -0.394. The zero-order valence-electron chi connectivity index (χ0n) is 8.42. The average molecular weight is 198 g/mol. The first-order valence-electron chi connectivity index (χ1n) is 4.56. The van der Waals surface area contributed by atoms with Gasteiger partial charge in [0.2, 0.25) is 0 Å². The Balaban J connectivity index is 2.25. The van der Waals surface area contributed by atoms with E-state index < -0.39 is 0 Å². The van der Waals surface area contributed by atoms with Gasteiger partial charge in [-0.25, -0.2) is 9.59 Å². The molecule has 0 bridgehead atoms. The van der Waals surface area contributed by atoms with Gasteiger partial charge >= 0.3 is 12.1 Å². The number of hydrogen-bond acceptors (Lipinski definition) is 2. The molecule has 14 heavy (non-hydrogen) atoms. The van der Waals surface area contributed by atoms with Gasteiger partial charge in [-0.1, -0.05) is 0 Å². The monoisotopic (exact) mass is 198 g/mol. The minimum atomic E-state index is -0.311. The Morgan fingerprint density at radius 3 is 2.36 bits per heavy atom. The smallest absolute Gasteiger partial charge is 0.314 e. The first kappa shape index (κ1) is 9.11. The molecule has 0 aromatic carbocycles. The number of fused-ring (bicyclic) bond motifs is 1. The molecule has 3 N–H and O–H groups in total. The molecule has 0 unspecified atom stereocenters. The van der Waals surface area contributed by atoms with Crippen LogP contribution in [0.2, 0.25) is 0 Å². The van der Waals surface area contributed by atoms with E-state index in [1.54, 1.807) is 4.90 Å². The molecule has 2 fully saturated rings. The fraction of sp³-hybridized carbons (Fsp3) is 0.750. The van der Waals surface area contributed by atoms with Crippen LogP contribution < -0.4 is 16.0 Å². The van der Waals surface area contributed by atoms with Crippen molar-refractivity contribution in [2.75, 3.05) is 0 Å². The zero-order valence-corrected chi connectivity index (χ0v) is 8.42. The molecular formula is C8H14N4O2. The number of nitrogens with one attached hydrogen (secondary N) is 3. The van der Waals surface area contributed by atoms with Gasteiger partial charge in [-0.2, -0.15) is 0 Å². The number of urea groups is 2. The van der Waals surface area contributed by atoms with Crippen LogP contribution in [0, 0.1) is 0 Å². The first-order valence-corrected chi connectivity index (χ1v) is 4.56. The maximum atomic E-state index is 11.6. The zero-order chi connectivity index (χ0) is 10.5. The summed E-state index contributed by atoms with van der Waals surface area (Å²) >= 11 is 0. The van der Waals surface area contributed by atoms with Gasteiger partial charge in [-0.3, -0.25) is 4.90 Å². The molecule has 78 valence electrons. The third-order valence-electron chi connectivity index (χ3n) is 2.38. The molecular weight excluding hydrogens is 184 g/mol. The van der Waals surface area contributed by atoms with Crippen LogP contribution in [0.1, 0.15) is 20.8 Å². The van der Waals surface area contributed by atoms with Gasteiger partial charge in [0, 0.05) is 5.54 Å². The van der Waals surface area contributed by atoms with Gasteiger partial charge in [0.15, 0.2) is 0 Å². The molecule has 2 aliphatic rings. The van der Waals surface area contributed by atoms with Crippen molar-refractivity contribution in [1.29, 1.82) is 0 Å². The van der Waals surface area contributed by atoms with Crippen LogP contribution in [0.25, 0.3) is 0 Å². The van der Waals surface area contributed by atoms with Crippen molar-refractivity contribution in [3.8, 4) is 0 Å². The highest BCUT2D eigenvalue weighted by atomic mass is 16.2. The Hall–Kier alpha value is -1.46. The molecule has 2 rings (SSSR count). The molecule has 0 aromatic rings. The summed E-state index contributed by atoms with van der Waals surface area (Å²) in [5.41, 5.74) is -0.303. The van der Waals surface area contributed by atoms with Gasteiger partial charge in [-0.15, -0.1) is 0 Å². The van der Waals surface area contributed by atoms with E-state index in [1.807, 2.05) is 20.8 Å². The highest BCUT2D eigenvalue weighted by Gasteiger charge is 2.49. The Morgan fingerprint density at radius 1 is 1.14 bits per heavy atom. The van der Waals surface area contributed by atoms with Gasteiger partial charge in [0.25, 0.3) is 0 Å². The molecule has 0 aromatic heterocycles. The molecule has 2 aliphatic heterocycles. The van der Waals surface area contributed by atoms with Crippen molar-refractivity contribution in [3.05, 3.63) is 0 Å². The summed E-state index contributed by atoms with van der Waals surface area (Å²) in [7, 11) is 0. The second-order valence-corrected chi connectivity index (χ2v) is 4.53. The van der Waals surface area contributed by atoms with E-state index in [0.717, 1.165) is 0 Å². The lowest BCUT2D eigenvalue weighted by Gasteiger charge is -2.34. The van der Waals surface area contributed by atoms with Crippen LogP contribution in [-0.4, -0.2) is 34.8 Å². The molecule has 6 nitrogen and oxygen atoms in total. The maximum Gasteiger partial charge on any atom is 0.321 e. The fourth-order valence-electron chi connectivity index (χ4n) is 1.86. The van der Waals surface area contributed by atoms with Gasteiger partial charge in [0.1, 0.15) is 12.3 Å². The Bertz CT molecular complexity index is 296. The van der Waals surface area contributed by atoms with Gasteiger partial charge < -0.3 is 16.0 Å². The largest absolute Gasteiger partial charge is 0.321 e. The summed E-state index contributed by atoms with van der Waals surface area (Å²) in [6.07, 6.45) is -0.593. The predicted molar refractivity (Wildman–Crippen MR) is 49.4 cm³/mol. The topological polar surface area (TPSA) is 73.5 Å². The Morgan fingerprint density at radius 2 is 1.79 bits per heavy atom. The number of rotatable bonds is 0. The maximum absolute atomic E-state index is 11.6. The van der Waals surface area contributed by atoms with Crippen molar-refractivity contribution in [1.82, 2.24) is 20.9 Å². The fourth-order valence-corrected chi connectivity index (χ4v) is 1.86. The van der Waals surface area contributed by atoms with Crippen molar-refractivity contribution >= 4 is 12.1 Å². The van der Waals surface area contributed by atoms with E-state index >= 15 is 0 Å². The highest BCUT2D eigenvalue weighted by molar-refractivity contribution is 5.85. The minimum absolute atomic E-state index is 0.153. The van der Waals surface area contributed by atoms with E-state index in [9.17, 15) is 9.59 Å². The number of hydrogen-bond donors (Lipinski definition) is 3. The summed E-state index contributed by atoms with van der Waals surface area (Å²) in [5, 5.41) is 8.02. The summed E-state index contributed by atoms with van der Waals surface area (Å²) < 4.78 is 0. The lowest BCUT2D eigenvalue weighted by atomic mass is 10.1. The highest BCUT2D eigenvalue weighted by Crippen LogP contribution is 2.23. The molecule has 4 amide bonds. The van der Waals surface area contributed by atoms with Crippen molar-refractivity contribution < 1.29 is 9.59 Å². The second kappa shape index (κ2) is 2.52. The summed E-state index contributed by atoms with van der Waals surface area (Å²) in [4.78, 5) is 24.2. The normalized spacial score (nSPS) is 30.9. The quantitative estimate of drug-likeness (QED) is 0.503. The van der Waals surface area contributed by atoms with Gasteiger partial charge in [-0.05, 0) is 20.8 Å². The van der Waals surface area contributed by atoms with E-state index in [2.05, 4.69) is 16.0 Å². The van der Waals surface area contributed by atoms with Crippen LogP contribution in [0.5, 0.6) is 0 Å². The number of nitrogens with zero attached hydrogens (tertiary/aromatic N) is 1. The standard InChI is InChI=1S/C8H14N4O2/c1-8(2,3)12-5-4(10-7(12)14)9-6(13)11-5/h4-5H,1-3H3,(H,10,14)(H2,9,11,13)/t4-,5-/m1/s1. The summed E-state index contributed by atoms with van der Waals surface area (Å²) in [5.74, 6) is 0. The minimum Gasteiger partial charge on any atom is -0.314 e. The van der Waals surface area contributed by atoms with Crippen molar-refractivity contribution in [2.45, 2.75) is 38.6 Å². The van der Waals surface area contributed by atoms with Gasteiger partial charge in [0.05, 0.1) is 0 Å². The van der Waals surface area contributed by atoms with Crippen molar-refractivity contribution in [2.24, 2.45) is 0 Å².